The van der Waals surface area contributed by atoms with E-state index in [0.29, 0.717) is 6.54 Å². The molecule has 2 nitrogen and oxygen atoms in total. The number of hydrogen-bond donors (Lipinski definition) is 1. The van der Waals surface area contributed by atoms with E-state index >= 15 is 0 Å². The highest BCUT2D eigenvalue weighted by Crippen LogP contribution is 2.15. The SMILES string of the molecule is CCN(CC(C)O)c1cccc(F)c1. The lowest BCUT2D eigenvalue weighted by atomic mass is 10.2. The largest absolute Gasteiger partial charge is 0.392 e. The maximum atomic E-state index is 12.9. The lowest BCUT2D eigenvalue weighted by Gasteiger charge is -2.24. The number of rotatable bonds is 4. The van der Waals surface area contributed by atoms with Crippen LogP contribution in [0.2, 0.25) is 0 Å². The van der Waals surface area contributed by atoms with Crippen LogP contribution >= 0.6 is 0 Å². The predicted octanol–water partition coefficient (Wildman–Crippen LogP) is 2.03. The molecule has 0 saturated heterocycles. The van der Waals surface area contributed by atoms with Gasteiger partial charge in [0.25, 0.3) is 0 Å². The minimum absolute atomic E-state index is 0.244. The molecule has 0 aromatic heterocycles. The number of halogens is 1. The van der Waals surface area contributed by atoms with Gasteiger partial charge in [-0.15, -0.1) is 0 Å². The third-order valence-corrected chi connectivity index (χ3v) is 2.04. The Morgan fingerprint density at radius 1 is 1.50 bits per heavy atom. The molecule has 1 aromatic rings. The molecule has 1 unspecified atom stereocenters. The number of aliphatic hydroxyl groups is 1. The van der Waals surface area contributed by atoms with Gasteiger partial charge < -0.3 is 10.0 Å². The van der Waals surface area contributed by atoms with E-state index in [4.69, 9.17) is 0 Å². The van der Waals surface area contributed by atoms with Crippen LogP contribution in [-0.2, 0) is 0 Å². The first-order valence-electron chi connectivity index (χ1n) is 4.82. The van der Waals surface area contributed by atoms with Crippen molar-refractivity contribution >= 4 is 5.69 Å². The molecule has 0 aliphatic rings. The highest BCUT2D eigenvalue weighted by atomic mass is 19.1. The van der Waals surface area contributed by atoms with Crippen LogP contribution in [0.25, 0.3) is 0 Å². The van der Waals surface area contributed by atoms with E-state index < -0.39 is 6.10 Å². The smallest absolute Gasteiger partial charge is 0.125 e. The van der Waals surface area contributed by atoms with Crippen molar-refractivity contribution in [2.24, 2.45) is 0 Å². The molecule has 3 heteroatoms. The maximum Gasteiger partial charge on any atom is 0.125 e. The maximum absolute atomic E-state index is 12.9. The molecule has 0 aliphatic heterocycles. The fraction of sp³-hybridized carbons (Fsp3) is 0.455. The van der Waals surface area contributed by atoms with Crippen LogP contribution in [0.4, 0.5) is 10.1 Å². The van der Waals surface area contributed by atoms with Gasteiger partial charge in [0.2, 0.25) is 0 Å². The monoisotopic (exact) mass is 197 g/mol. The van der Waals surface area contributed by atoms with E-state index in [0.717, 1.165) is 12.2 Å². The number of anilines is 1. The van der Waals surface area contributed by atoms with E-state index in [2.05, 4.69) is 0 Å². The molecule has 1 rings (SSSR count). The topological polar surface area (TPSA) is 23.5 Å². The van der Waals surface area contributed by atoms with E-state index in [9.17, 15) is 9.50 Å². The number of aliphatic hydroxyl groups excluding tert-OH is 1. The zero-order valence-electron chi connectivity index (χ0n) is 8.57. The van der Waals surface area contributed by atoms with E-state index in [1.807, 2.05) is 17.9 Å². The number of nitrogens with zero attached hydrogens (tertiary/aromatic N) is 1. The Morgan fingerprint density at radius 2 is 2.21 bits per heavy atom. The van der Waals surface area contributed by atoms with Crippen molar-refractivity contribution in [1.82, 2.24) is 0 Å². The Bertz CT molecular complexity index is 288. The molecule has 0 spiro atoms. The van der Waals surface area contributed by atoms with Gasteiger partial charge in [-0.3, -0.25) is 0 Å². The zero-order chi connectivity index (χ0) is 10.6. The summed E-state index contributed by atoms with van der Waals surface area (Å²) in [5.41, 5.74) is 0.813. The van der Waals surface area contributed by atoms with Gasteiger partial charge in [-0.05, 0) is 32.0 Å². The van der Waals surface area contributed by atoms with Crippen molar-refractivity contribution in [3.8, 4) is 0 Å². The number of likely N-dealkylation sites (N-methyl/N-ethyl adjacent to an activating group) is 1. The second kappa shape index (κ2) is 4.96. The van der Waals surface area contributed by atoms with Crippen LogP contribution in [0, 0.1) is 5.82 Å². The van der Waals surface area contributed by atoms with Gasteiger partial charge in [0, 0.05) is 18.8 Å². The van der Waals surface area contributed by atoms with Crippen LogP contribution in [-0.4, -0.2) is 24.3 Å². The van der Waals surface area contributed by atoms with Gasteiger partial charge in [-0.1, -0.05) is 6.07 Å². The van der Waals surface area contributed by atoms with Crippen LogP contribution < -0.4 is 4.90 Å². The third-order valence-electron chi connectivity index (χ3n) is 2.04. The summed E-state index contributed by atoms with van der Waals surface area (Å²) in [5, 5.41) is 9.25. The number of hydrogen-bond acceptors (Lipinski definition) is 2. The van der Waals surface area contributed by atoms with Gasteiger partial charge in [-0.25, -0.2) is 4.39 Å². The summed E-state index contributed by atoms with van der Waals surface area (Å²) in [5.74, 6) is -0.244. The van der Waals surface area contributed by atoms with Crippen molar-refractivity contribution in [2.75, 3.05) is 18.0 Å². The Hall–Kier alpha value is -1.09. The first-order valence-corrected chi connectivity index (χ1v) is 4.82. The minimum Gasteiger partial charge on any atom is -0.392 e. The second-order valence-corrected chi connectivity index (χ2v) is 3.37. The van der Waals surface area contributed by atoms with Crippen LogP contribution in [0.15, 0.2) is 24.3 Å². The average Bonchev–Trinajstić information content (AvgIpc) is 2.14. The van der Waals surface area contributed by atoms with Gasteiger partial charge in [0.05, 0.1) is 6.10 Å². The molecule has 14 heavy (non-hydrogen) atoms. The summed E-state index contributed by atoms with van der Waals surface area (Å²) in [4.78, 5) is 1.94. The van der Waals surface area contributed by atoms with Gasteiger partial charge in [0.1, 0.15) is 5.82 Å². The molecule has 0 aliphatic carbocycles. The molecule has 0 radical (unpaired) electrons. The van der Waals surface area contributed by atoms with Crippen molar-refractivity contribution < 1.29 is 9.50 Å². The molecule has 0 bridgehead atoms. The van der Waals surface area contributed by atoms with Gasteiger partial charge in [0.15, 0.2) is 0 Å². The summed E-state index contributed by atoms with van der Waals surface area (Å²) in [7, 11) is 0. The van der Waals surface area contributed by atoms with E-state index in [-0.39, 0.29) is 5.82 Å². The molecule has 0 heterocycles. The molecule has 0 saturated carbocycles. The van der Waals surface area contributed by atoms with Crippen LogP contribution in [0.3, 0.4) is 0 Å². The fourth-order valence-electron chi connectivity index (χ4n) is 1.41. The Labute approximate surface area is 84.0 Å². The van der Waals surface area contributed by atoms with E-state index in [1.54, 1.807) is 13.0 Å². The lowest BCUT2D eigenvalue weighted by molar-refractivity contribution is 0.200. The Morgan fingerprint density at radius 3 is 2.71 bits per heavy atom. The van der Waals surface area contributed by atoms with Gasteiger partial charge in [-0.2, -0.15) is 0 Å². The van der Waals surface area contributed by atoms with Crippen molar-refractivity contribution in [1.29, 1.82) is 0 Å². The first-order chi connectivity index (χ1) is 6.63. The van der Waals surface area contributed by atoms with Gasteiger partial charge >= 0.3 is 0 Å². The summed E-state index contributed by atoms with van der Waals surface area (Å²) >= 11 is 0. The van der Waals surface area contributed by atoms with Crippen molar-refractivity contribution in [3.05, 3.63) is 30.1 Å². The molecule has 0 fully saturated rings. The summed E-state index contributed by atoms with van der Waals surface area (Å²) in [6, 6.07) is 6.41. The lowest BCUT2D eigenvalue weighted by Crippen LogP contribution is -2.30. The van der Waals surface area contributed by atoms with Crippen molar-refractivity contribution in [2.45, 2.75) is 20.0 Å². The van der Waals surface area contributed by atoms with Crippen LogP contribution in [0.1, 0.15) is 13.8 Å². The summed E-state index contributed by atoms with van der Waals surface area (Å²) in [6.07, 6.45) is -0.404. The molecule has 1 N–H and O–H groups in total. The Balaban J connectivity index is 2.78. The quantitative estimate of drug-likeness (QED) is 0.798. The third kappa shape index (κ3) is 3.00. The molecule has 1 atom stereocenters. The number of benzene rings is 1. The highest BCUT2D eigenvalue weighted by molar-refractivity contribution is 5.46. The Kier molecular flexibility index (Phi) is 3.89. The normalized spacial score (nSPS) is 12.6. The van der Waals surface area contributed by atoms with Crippen molar-refractivity contribution in [3.63, 3.8) is 0 Å². The van der Waals surface area contributed by atoms with Crippen LogP contribution in [0.5, 0.6) is 0 Å². The van der Waals surface area contributed by atoms with E-state index in [1.165, 1.54) is 12.1 Å². The highest BCUT2D eigenvalue weighted by Gasteiger charge is 2.07. The summed E-state index contributed by atoms with van der Waals surface area (Å²) < 4.78 is 12.9. The molecular weight excluding hydrogens is 181 g/mol. The first kappa shape index (κ1) is 11.0. The second-order valence-electron chi connectivity index (χ2n) is 3.37. The predicted molar refractivity (Wildman–Crippen MR) is 56.0 cm³/mol. The molecular formula is C11H16FNO. The zero-order valence-corrected chi connectivity index (χ0v) is 8.57. The molecule has 78 valence electrons. The average molecular weight is 197 g/mol. The standard InChI is InChI=1S/C11H16FNO/c1-3-13(8-9(2)14)11-6-4-5-10(12)7-11/h4-7,9,14H,3,8H2,1-2H3. The molecule has 0 amide bonds. The molecule has 1 aromatic carbocycles. The fourth-order valence-corrected chi connectivity index (χ4v) is 1.41. The summed E-state index contributed by atoms with van der Waals surface area (Å²) in [6.45, 7) is 4.99. The minimum atomic E-state index is -0.404.